The Bertz CT molecular complexity index is 680. The van der Waals surface area contributed by atoms with Gasteiger partial charge in [-0.3, -0.25) is 0 Å². The molecule has 2 rings (SSSR count). The molecule has 2 aromatic carbocycles. The van der Waals surface area contributed by atoms with E-state index < -0.39 is 23.8 Å². The van der Waals surface area contributed by atoms with Gasteiger partial charge in [-0.25, -0.2) is 8.78 Å². The summed E-state index contributed by atoms with van der Waals surface area (Å²) >= 11 is 0. The average Bonchev–Trinajstić information content (AvgIpc) is 2.55. The van der Waals surface area contributed by atoms with Crippen molar-refractivity contribution >= 4 is 0 Å². The number of nitrogens with one attached hydrogen (secondary N) is 1. The summed E-state index contributed by atoms with van der Waals surface area (Å²) in [5.41, 5.74) is 1.38. The Hall–Kier alpha value is -2.29. The van der Waals surface area contributed by atoms with E-state index in [9.17, 15) is 13.9 Å². The van der Waals surface area contributed by atoms with E-state index in [1.165, 1.54) is 12.1 Å². The zero-order valence-corrected chi connectivity index (χ0v) is 12.1. The second-order valence-electron chi connectivity index (χ2n) is 5.02. The molecule has 0 bridgehead atoms. The Balaban J connectivity index is 1.99. The lowest BCUT2D eigenvalue weighted by molar-refractivity contribution is 0.170. The Kier molecular flexibility index (Phi) is 5.21. The maximum atomic E-state index is 13.7. The topological polar surface area (TPSA) is 56.0 Å². The molecule has 0 heterocycles. The van der Waals surface area contributed by atoms with Crippen LogP contribution in [0, 0.1) is 23.0 Å². The summed E-state index contributed by atoms with van der Waals surface area (Å²) in [4.78, 5) is 0. The van der Waals surface area contributed by atoms with E-state index in [2.05, 4.69) is 5.32 Å². The number of benzene rings is 2. The number of aliphatic hydroxyl groups excluding tert-OH is 1. The summed E-state index contributed by atoms with van der Waals surface area (Å²) < 4.78 is 26.9. The standard InChI is InChI=1S/C17H16F2N2O/c1-11(14-3-2-4-15(18)17(14)19)21-10-16(22)13-7-5-12(9-20)6-8-13/h2-8,11,16,21-22H,10H2,1H3. The van der Waals surface area contributed by atoms with E-state index in [1.54, 1.807) is 31.2 Å². The Morgan fingerprint density at radius 1 is 1.18 bits per heavy atom. The molecular weight excluding hydrogens is 286 g/mol. The van der Waals surface area contributed by atoms with E-state index in [1.807, 2.05) is 6.07 Å². The molecule has 0 aliphatic heterocycles. The Morgan fingerprint density at radius 3 is 2.50 bits per heavy atom. The van der Waals surface area contributed by atoms with Gasteiger partial charge in [-0.05, 0) is 30.7 Å². The number of rotatable bonds is 5. The maximum Gasteiger partial charge on any atom is 0.163 e. The molecule has 3 nitrogen and oxygen atoms in total. The highest BCUT2D eigenvalue weighted by Crippen LogP contribution is 2.20. The second kappa shape index (κ2) is 7.12. The van der Waals surface area contributed by atoms with E-state index in [-0.39, 0.29) is 12.1 Å². The van der Waals surface area contributed by atoms with Gasteiger partial charge in [0.1, 0.15) is 0 Å². The quantitative estimate of drug-likeness (QED) is 0.891. The van der Waals surface area contributed by atoms with Gasteiger partial charge >= 0.3 is 0 Å². The molecule has 0 saturated carbocycles. The first-order chi connectivity index (χ1) is 10.5. The molecule has 2 aromatic rings. The molecule has 0 saturated heterocycles. The third-order valence-electron chi connectivity index (χ3n) is 3.49. The molecule has 0 fully saturated rings. The molecule has 2 atom stereocenters. The van der Waals surface area contributed by atoms with Crippen molar-refractivity contribution in [3.63, 3.8) is 0 Å². The molecule has 0 radical (unpaired) electrons. The third-order valence-corrected chi connectivity index (χ3v) is 3.49. The SMILES string of the molecule is CC(NCC(O)c1ccc(C#N)cc1)c1cccc(F)c1F. The highest BCUT2D eigenvalue weighted by Gasteiger charge is 2.15. The fourth-order valence-corrected chi connectivity index (χ4v) is 2.15. The lowest BCUT2D eigenvalue weighted by Crippen LogP contribution is -2.25. The van der Waals surface area contributed by atoms with Crippen molar-refractivity contribution in [1.82, 2.24) is 5.32 Å². The minimum Gasteiger partial charge on any atom is -0.387 e. The zero-order valence-electron chi connectivity index (χ0n) is 12.1. The lowest BCUT2D eigenvalue weighted by Gasteiger charge is -2.18. The lowest BCUT2D eigenvalue weighted by atomic mass is 10.1. The van der Waals surface area contributed by atoms with Crippen LogP contribution in [0.2, 0.25) is 0 Å². The molecule has 0 aliphatic rings. The van der Waals surface area contributed by atoms with Crippen LogP contribution in [0.1, 0.15) is 35.8 Å². The van der Waals surface area contributed by atoms with Gasteiger partial charge in [-0.1, -0.05) is 24.3 Å². The fourth-order valence-electron chi connectivity index (χ4n) is 2.15. The van der Waals surface area contributed by atoms with E-state index >= 15 is 0 Å². The second-order valence-corrected chi connectivity index (χ2v) is 5.02. The van der Waals surface area contributed by atoms with Gasteiger partial charge in [0.05, 0.1) is 17.7 Å². The largest absolute Gasteiger partial charge is 0.387 e. The maximum absolute atomic E-state index is 13.7. The van der Waals surface area contributed by atoms with Gasteiger partial charge in [0.15, 0.2) is 11.6 Å². The van der Waals surface area contributed by atoms with Crippen molar-refractivity contribution < 1.29 is 13.9 Å². The zero-order chi connectivity index (χ0) is 16.1. The molecule has 2 N–H and O–H groups in total. The van der Waals surface area contributed by atoms with Crippen LogP contribution in [0.5, 0.6) is 0 Å². The number of aliphatic hydroxyl groups is 1. The average molecular weight is 302 g/mol. The van der Waals surface area contributed by atoms with Gasteiger partial charge in [-0.15, -0.1) is 0 Å². The van der Waals surface area contributed by atoms with Crippen molar-refractivity contribution in [2.24, 2.45) is 0 Å². The van der Waals surface area contributed by atoms with Crippen LogP contribution in [0.3, 0.4) is 0 Å². The predicted molar refractivity (Wildman–Crippen MR) is 78.9 cm³/mol. The van der Waals surface area contributed by atoms with E-state index in [0.29, 0.717) is 11.1 Å². The van der Waals surface area contributed by atoms with E-state index in [4.69, 9.17) is 5.26 Å². The highest BCUT2D eigenvalue weighted by atomic mass is 19.2. The smallest absolute Gasteiger partial charge is 0.163 e. The van der Waals surface area contributed by atoms with Crippen molar-refractivity contribution in [3.8, 4) is 6.07 Å². The first-order valence-electron chi connectivity index (χ1n) is 6.88. The molecule has 22 heavy (non-hydrogen) atoms. The van der Waals surface area contributed by atoms with Crippen LogP contribution < -0.4 is 5.32 Å². The number of hydrogen-bond donors (Lipinski definition) is 2. The molecule has 0 aliphatic carbocycles. The number of halogens is 2. The van der Waals surface area contributed by atoms with Gasteiger partial charge in [0.25, 0.3) is 0 Å². The summed E-state index contributed by atoms with van der Waals surface area (Å²) in [5, 5.41) is 21.8. The van der Waals surface area contributed by atoms with Crippen LogP contribution in [-0.4, -0.2) is 11.7 Å². The van der Waals surface area contributed by atoms with Crippen LogP contribution >= 0.6 is 0 Å². The van der Waals surface area contributed by atoms with Crippen LogP contribution in [0.15, 0.2) is 42.5 Å². The number of hydrogen-bond acceptors (Lipinski definition) is 3. The minimum absolute atomic E-state index is 0.184. The Labute approximate surface area is 127 Å². The first-order valence-corrected chi connectivity index (χ1v) is 6.88. The number of nitriles is 1. The van der Waals surface area contributed by atoms with Gasteiger partial charge in [0, 0.05) is 18.2 Å². The molecule has 5 heteroatoms. The summed E-state index contributed by atoms with van der Waals surface area (Å²) in [6.45, 7) is 1.88. The summed E-state index contributed by atoms with van der Waals surface area (Å²) in [6.07, 6.45) is -0.799. The molecule has 2 unspecified atom stereocenters. The van der Waals surface area contributed by atoms with Crippen LogP contribution in [0.25, 0.3) is 0 Å². The Morgan fingerprint density at radius 2 is 1.86 bits per heavy atom. The fraction of sp³-hybridized carbons (Fsp3) is 0.235. The van der Waals surface area contributed by atoms with Gasteiger partial charge in [0.2, 0.25) is 0 Å². The van der Waals surface area contributed by atoms with Crippen molar-refractivity contribution in [3.05, 3.63) is 70.8 Å². The first kappa shape index (κ1) is 16.1. The molecular formula is C17H16F2N2O. The molecule has 114 valence electrons. The molecule has 0 spiro atoms. The third kappa shape index (κ3) is 3.67. The monoisotopic (exact) mass is 302 g/mol. The highest BCUT2D eigenvalue weighted by molar-refractivity contribution is 5.32. The van der Waals surface area contributed by atoms with E-state index in [0.717, 1.165) is 6.07 Å². The summed E-state index contributed by atoms with van der Waals surface area (Å²) in [6, 6.07) is 12.1. The van der Waals surface area contributed by atoms with Crippen molar-refractivity contribution in [2.75, 3.05) is 6.54 Å². The van der Waals surface area contributed by atoms with Crippen LogP contribution in [-0.2, 0) is 0 Å². The number of nitrogens with zero attached hydrogens (tertiary/aromatic N) is 1. The van der Waals surface area contributed by atoms with Gasteiger partial charge in [-0.2, -0.15) is 5.26 Å². The minimum atomic E-state index is -0.890. The molecule has 0 amide bonds. The van der Waals surface area contributed by atoms with Crippen molar-refractivity contribution in [1.29, 1.82) is 5.26 Å². The predicted octanol–water partition coefficient (Wildman–Crippen LogP) is 3.22. The normalized spacial score (nSPS) is 13.4. The van der Waals surface area contributed by atoms with Crippen LogP contribution in [0.4, 0.5) is 8.78 Å². The summed E-state index contributed by atoms with van der Waals surface area (Å²) in [7, 11) is 0. The van der Waals surface area contributed by atoms with Gasteiger partial charge < -0.3 is 10.4 Å². The van der Waals surface area contributed by atoms with Crippen molar-refractivity contribution in [2.45, 2.75) is 19.1 Å². The summed E-state index contributed by atoms with van der Waals surface area (Å²) in [5.74, 6) is -1.77. The molecule has 0 aromatic heterocycles.